The maximum absolute atomic E-state index is 13.0. The van der Waals surface area contributed by atoms with E-state index >= 15 is 0 Å². The smallest absolute Gasteiger partial charge is 0.255 e. The third-order valence-corrected chi connectivity index (χ3v) is 8.41. The van der Waals surface area contributed by atoms with Gasteiger partial charge >= 0.3 is 0 Å². The minimum absolute atomic E-state index is 0.134. The molecule has 1 unspecified atom stereocenters. The lowest BCUT2D eigenvalue weighted by Gasteiger charge is -2.38. The van der Waals surface area contributed by atoms with Gasteiger partial charge in [0, 0.05) is 31.1 Å². The molecule has 2 saturated heterocycles. The maximum Gasteiger partial charge on any atom is 0.255 e. The number of fused-ring (bicyclic) bond motifs is 1. The van der Waals surface area contributed by atoms with Crippen molar-refractivity contribution >= 4 is 17.7 Å². The maximum atomic E-state index is 13.0. The Hall–Kier alpha value is -3.19. The van der Waals surface area contributed by atoms with Gasteiger partial charge in [0.05, 0.1) is 0 Å². The van der Waals surface area contributed by atoms with Gasteiger partial charge in [0.1, 0.15) is 17.9 Å². The molecule has 4 atom stereocenters. The highest BCUT2D eigenvalue weighted by Gasteiger charge is 2.40. The summed E-state index contributed by atoms with van der Waals surface area (Å²) in [6.45, 7) is 2.55. The Morgan fingerprint density at radius 1 is 0.917 bits per heavy atom. The molecule has 1 saturated carbocycles. The average Bonchev–Trinajstić information content (AvgIpc) is 3.50. The van der Waals surface area contributed by atoms with Crippen molar-refractivity contribution in [2.75, 3.05) is 13.1 Å². The molecule has 1 N–H and O–H groups in total. The van der Waals surface area contributed by atoms with Crippen LogP contribution in [0.5, 0.6) is 5.75 Å². The number of imide groups is 1. The number of carbonyl (C=O) groups excluding carboxylic acids is 3. The van der Waals surface area contributed by atoms with Gasteiger partial charge in [0.15, 0.2) is 0 Å². The first-order valence-corrected chi connectivity index (χ1v) is 13.3. The van der Waals surface area contributed by atoms with Gasteiger partial charge in [-0.1, -0.05) is 36.8 Å². The molecule has 0 aromatic heterocycles. The molecule has 36 heavy (non-hydrogen) atoms. The zero-order chi connectivity index (χ0) is 24.6. The van der Waals surface area contributed by atoms with Crippen molar-refractivity contribution in [3.05, 3.63) is 65.2 Å². The van der Waals surface area contributed by atoms with Crippen molar-refractivity contribution in [2.45, 2.75) is 75.6 Å². The normalized spacial score (nSPS) is 28.8. The van der Waals surface area contributed by atoms with Crippen molar-refractivity contribution in [2.24, 2.45) is 0 Å². The summed E-state index contributed by atoms with van der Waals surface area (Å²) in [7, 11) is 0. The van der Waals surface area contributed by atoms with Crippen LogP contribution in [0.3, 0.4) is 0 Å². The third-order valence-electron chi connectivity index (χ3n) is 8.41. The molecule has 4 aliphatic rings. The number of hydrogen-bond acceptors (Lipinski definition) is 5. The summed E-state index contributed by atoms with van der Waals surface area (Å²) in [5.74, 6) is 0.575. The second kappa shape index (κ2) is 9.69. The number of nitrogens with zero attached hydrogens (tertiary/aromatic N) is 2. The third kappa shape index (κ3) is 4.41. The number of ether oxygens (including phenoxy) is 1. The SMILES string of the molecule is O=C1CCC(N2Cc3cc(O[C@H]4CCCC[C@H]4N4CC[C@@H](c5ccccc5)C4)ccc3C2=O)C(=O)N1. The van der Waals surface area contributed by atoms with E-state index in [-0.39, 0.29) is 30.2 Å². The fourth-order valence-corrected chi connectivity index (χ4v) is 6.52. The van der Waals surface area contributed by atoms with Crippen LogP contribution in [-0.2, 0) is 16.1 Å². The van der Waals surface area contributed by atoms with Gasteiger partial charge < -0.3 is 9.64 Å². The van der Waals surface area contributed by atoms with E-state index in [1.165, 1.54) is 24.8 Å². The summed E-state index contributed by atoms with van der Waals surface area (Å²) >= 11 is 0. The molecule has 0 spiro atoms. The molecule has 0 radical (unpaired) electrons. The Morgan fingerprint density at radius 2 is 1.75 bits per heavy atom. The molecule has 3 heterocycles. The van der Waals surface area contributed by atoms with Crippen molar-refractivity contribution in [3.63, 3.8) is 0 Å². The first kappa shape index (κ1) is 23.2. The van der Waals surface area contributed by atoms with E-state index in [1.807, 2.05) is 18.2 Å². The van der Waals surface area contributed by atoms with E-state index in [4.69, 9.17) is 4.74 Å². The van der Waals surface area contributed by atoms with Gasteiger partial charge in [-0.2, -0.15) is 0 Å². The summed E-state index contributed by atoms with van der Waals surface area (Å²) in [5.41, 5.74) is 2.94. The second-order valence-electron chi connectivity index (χ2n) is 10.6. The van der Waals surface area contributed by atoms with Crippen molar-refractivity contribution in [3.8, 4) is 5.75 Å². The second-order valence-corrected chi connectivity index (χ2v) is 10.6. The Labute approximate surface area is 211 Å². The van der Waals surface area contributed by atoms with E-state index in [9.17, 15) is 14.4 Å². The number of likely N-dealkylation sites (tertiary alicyclic amines) is 1. The summed E-state index contributed by atoms with van der Waals surface area (Å²) < 4.78 is 6.60. The van der Waals surface area contributed by atoms with Crippen LogP contribution >= 0.6 is 0 Å². The standard InChI is InChI=1S/C29H33N3O4/c33-27-13-12-25(28(34)30-27)32-18-21-16-22(10-11-23(21)29(32)35)36-26-9-5-4-8-24(26)31-15-14-20(17-31)19-6-2-1-3-7-19/h1-3,6-7,10-11,16,20,24-26H,4-5,8-9,12-15,17-18H2,(H,30,33,34)/t20-,24-,25?,26+/m1/s1. The van der Waals surface area contributed by atoms with Crippen LogP contribution < -0.4 is 10.1 Å². The first-order chi connectivity index (χ1) is 17.6. The molecule has 188 valence electrons. The van der Waals surface area contributed by atoms with E-state index in [2.05, 4.69) is 40.5 Å². The average molecular weight is 488 g/mol. The van der Waals surface area contributed by atoms with Crippen LogP contribution in [0.15, 0.2) is 48.5 Å². The van der Waals surface area contributed by atoms with Gasteiger partial charge in [0.2, 0.25) is 11.8 Å². The van der Waals surface area contributed by atoms with E-state index in [1.54, 1.807) is 4.90 Å². The Kier molecular flexibility index (Phi) is 6.25. The summed E-state index contributed by atoms with van der Waals surface area (Å²) in [5, 5.41) is 2.36. The van der Waals surface area contributed by atoms with Gasteiger partial charge in [-0.3, -0.25) is 24.6 Å². The van der Waals surface area contributed by atoms with Crippen LogP contribution in [0.4, 0.5) is 0 Å². The number of nitrogens with one attached hydrogen (secondary N) is 1. The van der Waals surface area contributed by atoms with E-state index in [0.717, 1.165) is 37.2 Å². The zero-order valence-corrected chi connectivity index (χ0v) is 20.5. The van der Waals surface area contributed by atoms with Gasteiger partial charge in [-0.15, -0.1) is 0 Å². The molecule has 6 rings (SSSR count). The van der Waals surface area contributed by atoms with Crippen molar-refractivity contribution in [1.82, 2.24) is 15.1 Å². The summed E-state index contributed by atoms with van der Waals surface area (Å²) in [4.78, 5) is 41.1. The molecule has 2 aromatic rings. The molecular weight excluding hydrogens is 454 g/mol. The minimum Gasteiger partial charge on any atom is -0.489 e. The number of rotatable bonds is 5. The summed E-state index contributed by atoms with van der Waals surface area (Å²) in [6.07, 6.45) is 6.54. The number of piperidine rings is 1. The molecule has 7 nitrogen and oxygen atoms in total. The number of carbonyl (C=O) groups is 3. The molecule has 3 amide bonds. The highest BCUT2D eigenvalue weighted by molar-refractivity contribution is 6.05. The lowest BCUT2D eigenvalue weighted by atomic mass is 9.91. The van der Waals surface area contributed by atoms with E-state index in [0.29, 0.717) is 30.5 Å². The van der Waals surface area contributed by atoms with Crippen LogP contribution in [-0.4, -0.2) is 58.8 Å². The van der Waals surface area contributed by atoms with Crippen molar-refractivity contribution < 1.29 is 19.1 Å². The van der Waals surface area contributed by atoms with Crippen LogP contribution in [0.25, 0.3) is 0 Å². The van der Waals surface area contributed by atoms with Crippen LogP contribution in [0.2, 0.25) is 0 Å². The van der Waals surface area contributed by atoms with Crippen LogP contribution in [0, 0.1) is 0 Å². The Morgan fingerprint density at radius 3 is 2.58 bits per heavy atom. The van der Waals surface area contributed by atoms with E-state index < -0.39 is 6.04 Å². The highest BCUT2D eigenvalue weighted by atomic mass is 16.5. The molecule has 3 aliphatic heterocycles. The molecule has 2 aromatic carbocycles. The minimum atomic E-state index is -0.595. The number of hydrogen-bond donors (Lipinski definition) is 1. The molecule has 1 aliphatic carbocycles. The lowest BCUT2D eigenvalue weighted by molar-refractivity contribution is -0.136. The first-order valence-electron chi connectivity index (χ1n) is 13.3. The van der Waals surface area contributed by atoms with Gasteiger partial charge in [0.25, 0.3) is 5.91 Å². The molecule has 0 bridgehead atoms. The fourth-order valence-electron chi connectivity index (χ4n) is 6.52. The Balaban J connectivity index is 1.14. The number of benzene rings is 2. The Bertz CT molecular complexity index is 1170. The predicted molar refractivity (Wildman–Crippen MR) is 135 cm³/mol. The number of amides is 3. The highest BCUT2D eigenvalue weighted by Crippen LogP contribution is 2.36. The zero-order valence-electron chi connectivity index (χ0n) is 20.5. The summed E-state index contributed by atoms with van der Waals surface area (Å²) in [6, 6.07) is 16.3. The lowest BCUT2D eigenvalue weighted by Crippen LogP contribution is -2.52. The van der Waals surface area contributed by atoms with Gasteiger partial charge in [-0.25, -0.2) is 0 Å². The molecule has 3 fully saturated rings. The predicted octanol–water partition coefficient (Wildman–Crippen LogP) is 3.63. The van der Waals surface area contributed by atoms with Gasteiger partial charge in [-0.05, 0) is 73.9 Å². The monoisotopic (exact) mass is 487 g/mol. The fraction of sp³-hybridized carbons (Fsp3) is 0.483. The van der Waals surface area contributed by atoms with Crippen molar-refractivity contribution in [1.29, 1.82) is 0 Å². The topological polar surface area (TPSA) is 79.0 Å². The largest absolute Gasteiger partial charge is 0.489 e. The van der Waals surface area contributed by atoms with Crippen LogP contribution in [0.1, 0.15) is 72.3 Å². The quantitative estimate of drug-likeness (QED) is 0.652. The molecular formula is C29H33N3O4. The molecule has 7 heteroatoms.